The zero-order chi connectivity index (χ0) is 19.9. The molecule has 3 rings (SSSR count). The molecule has 1 aromatic carbocycles. The van der Waals surface area contributed by atoms with E-state index in [9.17, 15) is 13.2 Å². The second-order valence-electron chi connectivity index (χ2n) is 7.01. The van der Waals surface area contributed by atoms with Crippen molar-refractivity contribution in [2.24, 2.45) is 0 Å². The van der Waals surface area contributed by atoms with Crippen LogP contribution in [0.25, 0.3) is 0 Å². The highest BCUT2D eigenvalue weighted by molar-refractivity contribution is 6.61. The van der Waals surface area contributed by atoms with Gasteiger partial charge in [-0.1, -0.05) is 0 Å². The van der Waals surface area contributed by atoms with Crippen molar-refractivity contribution in [1.29, 1.82) is 0 Å². The Morgan fingerprint density at radius 1 is 0.889 bits per heavy atom. The molecule has 6 nitrogen and oxygen atoms in total. The van der Waals surface area contributed by atoms with Crippen molar-refractivity contribution in [3.8, 4) is 17.5 Å². The van der Waals surface area contributed by atoms with Gasteiger partial charge in [-0.15, -0.1) is 13.2 Å². The van der Waals surface area contributed by atoms with Crippen LogP contribution in [0.3, 0.4) is 0 Å². The van der Waals surface area contributed by atoms with E-state index >= 15 is 0 Å². The van der Waals surface area contributed by atoms with Crippen LogP contribution in [0.15, 0.2) is 36.7 Å². The molecule has 0 radical (unpaired) electrons. The average molecular weight is 382 g/mol. The largest absolute Gasteiger partial charge is 0.573 e. The Balaban J connectivity index is 1.65. The number of nitrogens with zero attached hydrogens (tertiary/aromatic N) is 2. The number of hydrogen-bond acceptors (Lipinski definition) is 6. The maximum absolute atomic E-state index is 12.2. The molecule has 27 heavy (non-hydrogen) atoms. The predicted octanol–water partition coefficient (Wildman–Crippen LogP) is 3.47. The zero-order valence-electron chi connectivity index (χ0n) is 15.2. The third-order valence-electron chi connectivity index (χ3n) is 4.44. The Bertz CT molecular complexity index is 779. The first-order valence-electron chi connectivity index (χ1n) is 8.16. The third kappa shape index (κ3) is 4.51. The Labute approximate surface area is 154 Å². The number of ether oxygens (including phenoxy) is 2. The van der Waals surface area contributed by atoms with Gasteiger partial charge in [0.1, 0.15) is 11.5 Å². The number of aromatic nitrogens is 2. The summed E-state index contributed by atoms with van der Waals surface area (Å²) in [5.41, 5.74) is -0.324. The van der Waals surface area contributed by atoms with Gasteiger partial charge >= 0.3 is 19.5 Å². The van der Waals surface area contributed by atoms with Gasteiger partial charge in [0.05, 0.1) is 11.2 Å². The van der Waals surface area contributed by atoms with Crippen LogP contribution in [0.1, 0.15) is 27.7 Å². The molecule has 0 N–H and O–H groups in total. The van der Waals surface area contributed by atoms with Crippen molar-refractivity contribution >= 4 is 12.6 Å². The van der Waals surface area contributed by atoms with Crippen LogP contribution in [-0.4, -0.2) is 34.7 Å². The van der Waals surface area contributed by atoms with Gasteiger partial charge in [0.15, 0.2) is 0 Å². The first kappa shape index (κ1) is 19.4. The highest BCUT2D eigenvalue weighted by atomic mass is 19.4. The summed E-state index contributed by atoms with van der Waals surface area (Å²) in [6.07, 6.45) is -1.70. The second kappa shape index (κ2) is 6.68. The number of halogens is 3. The fourth-order valence-electron chi connectivity index (χ4n) is 2.29. The molecule has 1 aromatic heterocycles. The van der Waals surface area contributed by atoms with E-state index in [4.69, 9.17) is 14.0 Å². The molecule has 2 heterocycles. The molecule has 2 aromatic rings. The minimum Gasteiger partial charge on any atom is -0.424 e. The lowest BCUT2D eigenvalue weighted by molar-refractivity contribution is -0.274. The van der Waals surface area contributed by atoms with Gasteiger partial charge in [-0.3, -0.25) is 0 Å². The number of rotatable bonds is 4. The average Bonchev–Trinajstić information content (AvgIpc) is 2.77. The second-order valence-corrected chi connectivity index (χ2v) is 7.01. The Morgan fingerprint density at radius 2 is 1.37 bits per heavy atom. The van der Waals surface area contributed by atoms with Crippen LogP contribution in [-0.2, 0) is 9.31 Å². The highest BCUT2D eigenvalue weighted by Crippen LogP contribution is 2.36. The molecule has 0 spiro atoms. The van der Waals surface area contributed by atoms with E-state index in [0.717, 1.165) is 12.1 Å². The number of benzene rings is 1. The molecule has 1 aliphatic heterocycles. The van der Waals surface area contributed by atoms with Crippen molar-refractivity contribution in [2.45, 2.75) is 45.3 Å². The molecule has 0 unspecified atom stereocenters. The van der Waals surface area contributed by atoms with Crippen molar-refractivity contribution in [2.75, 3.05) is 0 Å². The number of alkyl halides is 3. The monoisotopic (exact) mass is 382 g/mol. The minimum atomic E-state index is -4.74. The van der Waals surface area contributed by atoms with Crippen LogP contribution in [0.4, 0.5) is 13.2 Å². The van der Waals surface area contributed by atoms with Gasteiger partial charge in [-0.25, -0.2) is 9.97 Å². The van der Waals surface area contributed by atoms with Crippen LogP contribution in [0, 0.1) is 0 Å². The molecule has 10 heteroatoms. The lowest BCUT2D eigenvalue weighted by Crippen LogP contribution is -2.41. The van der Waals surface area contributed by atoms with Gasteiger partial charge < -0.3 is 18.8 Å². The highest BCUT2D eigenvalue weighted by Gasteiger charge is 2.52. The van der Waals surface area contributed by atoms with Crippen LogP contribution >= 0.6 is 0 Å². The van der Waals surface area contributed by atoms with Gasteiger partial charge in [0, 0.05) is 17.9 Å². The maximum atomic E-state index is 12.2. The van der Waals surface area contributed by atoms with E-state index in [1.54, 1.807) is 0 Å². The standard InChI is InChI=1S/C17H18BF3N2O4/c1-15(2)16(3,4)27-18(26-15)11-9-22-14(23-10-11)24-12-5-7-13(8-6-12)25-17(19,20)21/h5-10H,1-4H3. The lowest BCUT2D eigenvalue weighted by Gasteiger charge is -2.32. The smallest absolute Gasteiger partial charge is 0.424 e. The normalized spacial score (nSPS) is 18.4. The maximum Gasteiger partial charge on any atom is 0.573 e. The van der Waals surface area contributed by atoms with E-state index in [0.29, 0.717) is 5.46 Å². The van der Waals surface area contributed by atoms with Crippen molar-refractivity contribution in [3.05, 3.63) is 36.7 Å². The molecule has 1 aliphatic rings. The Morgan fingerprint density at radius 3 is 1.85 bits per heavy atom. The Kier molecular flexibility index (Phi) is 4.81. The van der Waals surface area contributed by atoms with E-state index < -0.39 is 24.7 Å². The molecule has 0 amide bonds. The SMILES string of the molecule is CC1(C)OB(c2cnc(Oc3ccc(OC(F)(F)F)cc3)nc2)OC1(C)C. The summed E-state index contributed by atoms with van der Waals surface area (Å²) in [4.78, 5) is 8.18. The van der Waals surface area contributed by atoms with E-state index in [-0.39, 0.29) is 17.5 Å². The quantitative estimate of drug-likeness (QED) is 0.755. The summed E-state index contributed by atoms with van der Waals surface area (Å²) in [5, 5.41) is 0. The summed E-state index contributed by atoms with van der Waals surface area (Å²) in [7, 11) is -0.595. The van der Waals surface area contributed by atoms with Gasteiger partial charge in [0.25, 0.3) is 0 Å². The summed E-state index contributed by atoms with van der Waals surface area (Å²) < 4.78 is 57.5. The summed E-state index contributed by atoms with van der Waals surface area (Å²) in [6.45, 7) is 7.77. The Hall–Kier alpha value is -2.33. The molecule has 0 aliphatic carbocycles. The molecule has 144 valence electrons. The van der Waals surface area contributed by atoms with Crippen molar-refractivity contribution < 1.29 is 32.0 Å². The third-order valence-corrected chi connectivity index (χ3v) is 4.44. The lowest BCUT2D eigenvalue weighted by atomic mass is 9.81. The fraction of sp³-hybridized carbons (Fsp3) is 0.412. The minimum absolute atomic E-state index is 0.0414. The van der Waals surface area contributed by atoms with Gasteiger partial charge in [-0.2, -0.15) is 0 Å². The van der Waals surface area contributed by atoms with E-state index in [1.165, 1.54) is 24.5 Å². The molecular formula is C17H18BF3N2O4. The fourth-order valence-corrected chi connectivity index (χ4v) is 2.29. The van der Waals surface area contributed by atoms with Crippen LogP contribution in [0.2, 0.25) is 0 Å². The van der Waals surface area contributed by atoms with Gasteiger partial charge in [-0.05, 0) is 52.0 Å². The molecule has 1 saturated heterocycles. The predicted molar refractivity (Wildman–Crippen MR) is 90.9 cm³/mol. The molecule has 1 fully saturated rings. The molecule has 0 saturated carbocycles. The molecule has 0 bridgehead atoms. The first-order chi connectivity index (χ1) is 12.5. The molecular weight excluding hydrogens is 364 g/mol. The van der Waals surface area contributed by atoms with E-state index in [2.05, 4.69) is 14.7 Å². The zero-order valence-corrected chi connectivity index (χ0v) is 15.2. The number of hydrogen-bond donors (Lipinski definition) is 0. The van der Waals surface area contributed by atoms with Crippen molar-refractivity contribution in [1.82, 2.24) is 9.97 Å². The summed E-state index contributed by atoms with van der Waals surface area (Å²) in [5.74, 6) is -0.0696. The summed E-state index contributed by atoms with van der Waals surface area (Å²) >= 11 is 0. The molecule has 0 atom stereocenters. The van der Waals surface area contributed by atoms with Crippen LogP contribution < -0.4 is 14.9 Å². The first-order valence-corrected chi connectivity index (χ1v) is 8.16. The topological polar surface area (TPSA) is 62.7 Å². The van der Waals surface area contributed by atoms with Crippen molar-refractivity contribution in [3.63, 3.8) is 0 Å². The summed E-state index contributed by atoms with van der Waals surface area (Å²) in [6, 6.07) is 4.97. The van der Waals surface area contributed by atoms with E-state index in [1.807, 2.05) is 27.7 Å². The van der Waals surface area contributed by atoms with Crippen LogP contribution in [0.5, 0.6) is 17.5 Å². The van der Waals surface area contributed by atoms with Gasteiger partial charge in [0.2, 0.25) is 0 Å².